The number of Topliss-reactive ketones (excluding diaryl/α,β-unsaturated/α-hetero) is 1. The summed E-state index contributed by atoms with van der Waals surface area (Å²) in [6.07, 6.45) is 2.00. The molecular formula is C21H24N2O2S. The molecule has 3 rings (SSSR count). The van der Waals surface area contributed by atoms with Gasteiger partial charge in [0.15, 0.2) is 0 Å². The lowest BCUT2D eigenvalue weighted by atomic mass is 9.99. The third kappa shape index (κ3) is 3.49. The van der Waals surface area contributed by atoms with Gasteiger partial charge in [-0.2, -0.15) is 0 Å². The maximum absolute atomic E-state index is 13.3. The van der Waals surface area contributed by atoms with Gasteiger partial charge in [-0.15, -0.1) is 11.3 Å². The summed E-state index contributed by atoms with van der Waals surface area (Å²) in [5.41, 5.74) is 4.34. The largest absolute Gasteiger partial charge is 0.300 e. The molecule has 2 heterocycles. The number of hydrogen-bond donors (Lipinski definition) is 0. The van der Waals surface area contributed by atoms with E-state index in [1.54, 1.807) is 11.5 Å². The molecule has 0 saturated carbocycles. The number of carbonyl (C=O) groups excluding carboxylic acids is 1. The first-order valence-corrected chi connectivity index (χ1v) is 9.88. The summed E-state index contributed by atoms with van der Waals surface area (Å²) in [6.45, 7) is 8.16. The Morgan fingerprint density at radius 2 is 2.00 bits per heavy atom. The predicted octanol–water partition coefficient (Wildman–Crippen LogP) is 4.67. The lowest BCUT2D eigenvalue weighted by molar-refractivity contribution is -0.117. The molecule has 0 N–H and O–H groups in total. The SMILES string of the molecule is CCCc1nc2scc(-c3ccc(C)cc3C)c2c(=O)n1CCC(C)=O. The summed E-state index contributed by atoms with van der Waals surface area (Å²) >= 11 is 1.52. The Morgan fingerprint density at radius 1 is 1.23 bits per heavy atom. The molecule has 0 aliphatic heterocycles. The van der Waals surface area contributed by atoms with Gasteiger partial charge >= 0.3 is 0 Å². The second-order valence-corrected chi connectivity index (χ2v) is 7.69. The van der Waals surface area contributed by atoms with Crippen molar-refractivity contribution in [1.82, 2.24) is 9.55 Å². The summed E-state index contributed by atoms with van der Waals surface area (Å²) in [5, 5.41) is 2.70. The molecule has 0 saturated heterocycles. The summed E-state index contributed by atoms with van der Waals surface area (Å²) in [4.78, 5) is 30.3. The quantitative estimate of drug-likeness (QED) is 0.635. The first-order chi connectivity index (χ1) is 12.4. The minimum atomic E-state index is -0.0316. The summed E-state index contributed by atoms with van der Waals surface area (Å²) < 4.78 is 1.70. The lowest BCUT2D eigenvalue weighted by Crippen LogP contribution is -2.26. The maximum Gasteiger partial charge on any atom is 0.262 e. The summed E-state index contributed by atoms with van der Waals surface area (Å²) in [6, 6.07) is 6.27. The van der Waals surface area contributed by atoms with Crippen LogP contribution < -0.4 is 5.56 Å². The van der Waals surface area contributed by atoms with Crippen molar-refractivity contribution in [2.24, 2.45) is 0 Å². The zero-order chi connectivity index (χ0) is 18.8. The Balaban J connectivity index is 2.23. The van der Waals surface area contributed by atoms with Crippen LogP contribution in [0.1, 0.15) is 43.6 Å². The summed E-state index contributed by atoms with van der Waals surface area (Å²) in [5.74, 6) is 0.861. The van der Waals surface area contributed by atoms with E-state index < -0.39 is 0 Å². The van der Waals surface area contributed by atoms with E-state index in [1.807, 2.05) is 5.38 Å². The Bertz CT molecular complexity index is 1030. The predicted molar refractivity (Wildman–Crippen MR) is 108 cm³/mol. The third-order valence-corrected chi connectivity index (χ3v) is 5.48. The smallest absolute Gasteiger partial charge is 0.262 e. The molecule has 1 aromatic carbocycles. The molecular weight excluding hydrogens is 344 g/mol. The molecule has 3 aromatic rings. The van der Waals surface area contributed by atoms with Crippen molar-refractivity contribution in [1.29, 1.82) is 0 Å². The van der Waals surface area contributed by atoms with Gasteiger partial charge in [-0.1, -0.05) is 30.7 Å². The van der Waals surface area contributed by atoms with Crippen molar-refractivity contribution in [2.75, 3.05) is 0 Å². The molecule has 0 amide bonds. The van der Waals surface area contributed by atoms with Crippen LogP contribution in [0.3, 0.4) is 0 Å². The van der Waals surface area contributed by atoms with Gasteiger partial charge in [0.1, 0.15) is 16.4 Å². The van der Waals surface area contributed by atoms with Crippen LogP contribution in [0.5, 0.6) is 0 Å². The number of fused-ring (bicyclic) bond motifs is 1. The Morgan fingerprint density at radius 3 is 2.65 bits per heavy atom. The molecule has 0 spiro atoms. The van der Waals surface area contributed by atoms with Crippen molar-refractivity contribution >= 4 is 27.3 Å². The Kier molecular flexibility index (Phi) is 5.37. The van der Waals surface area contributed by atoms with E-state index in [-0.39, 0.29) is 11.3 Å². The molecule has 0 radical (unpaired) electrons. The van der Waals surface area contributed by atoms with E-state index >= 15 is 0 Å². The molecule has 136 valence electrons. The molecule has 0 unspecified atom stereocenters. The van der Waals surface area contributed by atoms with Gasteiger partial charge in [0.2, 0.25) is 0 Å². The van der Waals surface area contributed by atoms with Gasteiger partial charge in [-0.05, 0) is 38.3 Å². The molecule has 0 fully saturated rings. The number of ketones is 1. The highest BCUT2D eigenvalue weighted by molar-refractivity contribution is 7.17. The van der Waals surface area contributed by atoms with E-state index in [1.165, 1.54) is 16.9 Å². The van der Waals surface area contributed by atoms with E-state index in [0.717, 1.165) is 40.2 Å². The average molecular weight is 369 g/mol. The molecule has 26 heavy (non-hydrogen) atoms. The van der Waals surface area contributed by atoms with Crippen LogP contribution in [-0.4, -0.2) is 15.3 Å². The number of benzene rings is 1. The monoisotopic (exact) mass is 368 g/mol. The standard InChI is InChI=1S/C21H24N2O2S/c1-5-6-18-22-20-19(21(25)23(18)10-9-15(4)24)17(12-26-20)16-8-7-13(2)11-14(16)3/h7-8,11-12H,5-6,9-10H2,1-4H3. The van der Waals surface area contributed by atoms with Crippen molar-refractivity contribution in [3.8, 4) is 11.1 Å². The number of nitrogens with zero attached hydrogens (tertiary/aromatic N) is 2. The van der Waals surface area contributed by atoms with Gasteiger partial charge in [0.25, 0.3) is 5.56 Å². The molecule has 0 bridgehead atoms. The molecule has 0 atom stereocenters. The second kappa shape index (κ2) is 7.54. The topological polar surface area (TPSA) is 52.0 Å². The van der Waals surface area contributed by atoms with Crippen LogP contribution in [-0.2, 0) is 17.8 Å². The summed E-state index contributed by atoms with van der Waals surface area (Å²) in [7, 11) is 0. The fraction of sp³-hybridized carbons (Fsp3) is 0.381. The minimum Gasteiger partial charge on any atom is -0.300 e. The fourth-order valence-corrected chi connectivity index (χ4v) is 4.24. The van der Waals surface area contributed by atoms with Crippen molar-refractivity contribution in [2.45, 2.75) is 53.5 Å². The molecule has 5 heteroatoms. The Labute approximate surface area is 157 Å². The van der Waals surface area contributed by atoms with Crippen LogP contribution in [0.15, 0.2) is 28.4 Å². The number of thiophene rings is 1. The number of hydrogen-bond acceptors (Lipinski definition) is 4. The molecule has 0 aliphatic rings. The zero-order valence-corrected chi connectivity index (χ0v) is 16.6. The van der Waals surface area contributed by atoms with Gasteiger partial charge in [0.05, 0.1) is 5.39 Å². The van der Waals surface area contributed by atoms with Crippen molar-refractivity contribution < 1.29 is 4.79 Å². The highest BCUT2D eigenvalue weighted by Gasteiger charge is 2.18. The van der Waals surface area contributed by atoms with E-state index in [0.29, 0.717) is 18.4 Å². The number of aromatic nitrogens is 2. The number of aryl methyl sites for hydroxylation is 3. The number of carbonyl (C=O) groups is 1. The van der Waals surface area contributed by atoms with Gasteiger partial charge in [-0.25, -0.2) is 4.98 Å². The van der Waals surface area contributed by atoms with E-state index in [9.17, 15) is 9.59 Å². The van der Waals surface area contributed by atoms with Crippen LogP contribution in [0.2, 0.25) is 0 Å². The average Bonchev–Trinajstić information content (AvgIpc) is 2.98. The zero-order valence-electron chi connectivity index (χ0n) is 15.8. The second-order valence-electron chi connectivity index (χ2n) is 6.83. The van der Waals surface area contributed by atoms with Crippen LogP contribution in [0.25, 0.3) is 21.3 Å². The van der Waals surface area contributed by atoms with Gasteiger partial charge in [-0.3, -0.25) is 14.2 Å². The van der Waals surface area contributed by atoms with Crippen LogP contribution in [0.4, 0.5) is 0 Å². The Hall–Kier alpha value is -2.27. The van der Waals surface area contributed by atoms with Gasteiger partial charge in [0, 0.05) is 30.3 Å². The highest BCUT2D eigenvalue weighted by atomic mass is 32.1. The van der Waals surface area contributed by atoms with Gasteiger partial charge < -0.3 is 0 Å². The maximum atomic E-state index is 13.3. The fourth-order valence-electron chi connectivity index (χ4n) is 3.29. The van der Waals surface area contributed by atoms with E-state index in [4.69, 9.17) is 4.98 Å². The number of rotatable bonds is 6. The first kappa shape index (κ1) is 18.5. The normalized spacial score (nSPS) is 11.2. The van der Waals surface area contributed by atoms with E-state index in [2.05, 4.69) is 39.0 Å². The molecule has 4 nitrogen and oxygen atoms in total. The van der Waals surface area contributed by atoms with Crippen LogP contribution >= 0.6 is 11.3 Å². The highest BCUT2D eigenvalue weighted by Crippen LogP contribution is 2.33. The third-order valence-electron chi connectivity index (χ3n) is 4.61. The molecule has 0 aliphatic carbocycles. The molecule has 2 aromatic heterocycles. The van der Waals surface area contributed by atoms with Crippen molar-refractivity contribution in [3.63, 3.8) is 0 Å². The lowest BCUT2D eigenvalue weighted by Gasteiger charge is -2.12. The first-order valence-electron chi connectivity index (χ1n) is 9.00. The minimum absolute atomic E-state index is 0.0316. The van der Waals surface area contributed by atoms with Crippen LogP contribution in [0, 0.1) is 13.8 Å². The van der Waals surface area contributed by atoms with Crippen molar-refractivity contribution in [3.05, 3.63) is 50.9 Å².